The number of aromatic nitrogens is 1. The van der Waals surface area contributed by atoms with Crippen LogP contribution in [0.2, 0.25) is 0 Å². The van der Waals surface area contributed by atoms with Crippen LogP contribution in [-0.2, 0) is 9.53 Å². The van der Waals surface area contributed by atoms with E-state index >= 15 is 0 Å². The second-order valence-corrected chi connectivity index (χ2v) is 6.09. The molecule has 116 valence electrons. The van der Waals surface area contributed by atoms with Crippen molar-refractivity contribution < 1.29 is 9.53 Å². The molecule has 1 aliphatic rings. The molecule has 0 radical (unpaired) electrons. The molecule has 1 unspecified atom stereocenters. The summed E-state index contributed by atoms with van der Waals surface area (Å²) in [5, 5.41) is 13.2. The van der Waals surface area contributed by atoms with Crippen LogP contribution in [0.1, 0.15) is 28.8 Å². The van der Waals surface area contributed by atoms with Crippen molar-refractivity contribution in [1.82, 2.24) is 4.98 Å². The minimum Gasteiger partial charge on any atom is -0.466 e. The number of nitrogens with one attached hydrogen (secondary N) is 1. The number of thiophene rings is 1. The van der Waals surface area contributed by atoms with E-state index in [1.165, 1.54) is 18.4 Å². The topological polar surface area (TPSA) is 101 Å². The number of ether oxygens (including phenoxy) is 1. The standard InChI is InChI=1S/C16H14N4O2S/c1-8-11(16(21)22-2)12(9-3-5-19-6-4-9)13-14(18)10(7-17)23-15(13)20-8/h3-6,12,20H,18H2,1-2H3. The molecule has 0 saturated heterocycles. The summed E-state index contributed by atoms with van der Waals surface area (Å²) in [6.45, 7) is 1.81. The molecule has 6 nitrogen and oxygen atoms in total. The molecule has 0 aliphatic carbocycles. The predicted molar refractivity (Wildman–Crippen MR) is 87.9 cm³/mol. The molecule has 0 fully saturated rings. The Morgan fingerprint density at radius 3 is 2.78 bits per heavy atom. The fourth-order valence-electron chi connectivity index (χ4n) is 2.79. The van der Waals surface area contributed by atoms with Gasteiger partial charge in [-0.05, 0) is 24.6 Å². The normalized spacial score (nSPS) is 16.3. The number of carbonyl (C=O) groups is 1. The van der Waals surface area contributed by atoms with E-state index in [9.17, 15) is 10.1 Å². The Balaban J connectivity index is 2.28. The number of hydrogen-bond acceptors (Lipinski definition) is 7. The van der Waals surface area contributed by atoms with Crippen LogP contribution in [0, 0.1) is 11.3 Å². The summed E-state index contributed by atoms with van der Waals surface area (Å²) in [6.07, 6.45) is 3.32. The summed E-state index contributed by atoms with van der Waals surface area (Å²) < 4.78 is 4.95. The maximum Gasteiger partial charge on any atom is 0.336 e. The van der Waals surface area contributed by atoms with Crippen LogP contribution in [0.5, 0.6) is 0 Å². The summed E-state index contributed by atoms with van der Waals surface area (Å²) in [4.78, 5) is 16.8. The Labute approximate surface area is 137 Å². The molecular formula is C16H14N4O2S. The number of pyridine rings is 1. The maximum absolute atomic E-state index is 12.3. The molecule has 0 saturated carbocycles. The lowest BCUT2D eigenvalue weighted by Gasteiger charge is -2.28. The Bertz CT molecular complexity index is 849. The van der Waals surface area contributed by atoms with Crippen LogP contribution in [0.25, 0.3) is 0 Å². The molecule has 0 bridgehead atoms. The highest BCUT2D eigenvalue weighted by molar-refractivity contribution is 7.17. The van der Waals surface area contributed by atoms with Crippen molar-refractivity contribution in [3.05, 3.63) is 51.8 Å². The number of nitrogens with zero attached hydrogens (tertiary/aromatic N) is 2. The largest absolute Gasteiger partial charge is 0.466 e. The number of esters is 1. The number of fused-ring (bicyclic) bond motifs is 1. The monoisotopic (exact) mass is 326 g/mol. The van der Waals surface area contributed by atoms with E-state index in [-0.39, 0.29) is 5.92 Å². The highest BCUT2D eigenvalue weighted by Gasteiger charge is 2.36. The molecule has 3 N–H and O–H groups in total. The number of methoxy groups -OCH3 is 1. The summed E-state index contributed by atoms with van der Waals surface area (Å²) in [7, 11) is 1.35. The number of carbonyl (C=O) groups excluding carboxylic acids is 1. The Kier molecular flexibility index (Phi) is 3.76. The maximum atomic E-state index is 12.3. The zero-order valence-electron chi connectivity index (χ0n) is 12.6. The van der Waals surface area contributed by atoms with E-state index in [1.54, 1.807) is 12.4 Å². The Hall–Kier alpha value is -2.85. The van der Waals surface area contributed by atoms with E-state index in [0.717, 1.165) is 16.1 Å². The molecular weight excluding hydrogens is 312 g/mol. The first-order chi connectivity index (χ1) is 11.1. The van der Waals surface area contributed by atoms with Gasteiger partial charge in [0, 0.05) is 29.6 Å². The first-order valence-corrected chi connectivity index (χ1v) is 7.68. The Morgan fingerprint density at radius 2 is 2.17 bits per heavy atom. The van der Waals surface area contributed by atoms with Gasteiger partial charge in [0.15, 0.2) is 0 Å². The molecule has 2 aromatic rings. The molecule has 0 aromatic carbocycles. The Morgan fingerprint density at radius 1 is 1.48 bits per heavy atom. The minimum absolute atomic E-state index is 0.389. The lowest BCUT2D eigenvalue weighted by Crippen LogP contribution is -2.23. The number of allylic oxidation sites excluding steroid dienone is 1. The molecule has 3 rings (SSSR count). The van der Waals surface area contributed by atoms with Gasteiger partial charge in [-0.1, -0.05) is 0 Å². The van der Waals surface area contributed by atoms with Crippen molar-refractivity contribution in [2.24, 2.45) is 0 Å². The molecule has 0 amide bonds. The first kappa shape index (κ1) is 15.1. The van der Waals surface area contributed by atoms with Crippen molar-refractivity contribution in [3.63, 3.8) is 0 Å². The summed E-state index contributed by atoms with van der Waals surface area (Å²) in [5.41, 5.74) is 9.36. The van der Waals surface area contributed by atoms with Crippen molar-refractivity contribution in [1.29, 1.82) is 5.26 Å². The number of rotatable bonds is 2. The lowest BCUT2D eigenvalue weighted by molar-refractivity contribution is -0.136. The number of anilines is 2. The van der Waals surface area contributed by atoms with Crippen LogP contribution in [0.4, 0.5) is 10.7 Å². The van der Waals surface area contributed by atoms with E-state index < -0.39 is 5.97 Å². The lowest BCUT2D eigenvalue weighted by atomic mass is 9.82. The van der Waals surface area contributed by atoms with Crippen molar-refractivity contribution in [3.8, 4) is 6.07 Å². The van der Waals surface area contributed by atoms with Gasteiger partial charge in [0.25, 0.3) is 0 Å². The summed E-state index contributed by atoms with van der Waals surface area (Å²) in [5.74, 6) is -0.813. The molecule has 1 aliphatic heterocycles. The number of nitriles is 1. The van der Waals surface area contributed by atoms with Crippen LogP contribution in [0.15, 0.2) is 35.8 Å². The van der Waals surface area contributed by atoms with E-state index in [2.05, 4.69) is 16.4 Å². The molecule has 0 spiro atoms. The minimum atomic E-state index is -0.424. The molecule has 3 heterocycles. The number of nitrogens with two attached hydrogens (primary N) is 1. The van der Waals surface area contributed by atoms with Crippen molar-refractivity contribution >= 4 is 28.0 Å². The third kappa shape index (κ3) is 2.33. The fourth-order valence-corrected chi connectivity index (χ4v) is 3.80. The van der Waals surface area contributed by atoms with E-state index in [1.807, 2.05) is 19.1 Å². The van der Waals surface area contributed by atoms with E-state index in [0.29, 0.717) is 21.8 Å². The zero-order chi connectivity index (χ0) is 16.6. The van der Waals surface area contributed by atoms with Gasteiger partial charge in [-0.2, -0.15) is 5.26 Å². The highest BCUT2D eigenvalue weighted by atomic mass is 32.1. The summed E-state index contributed by atoms with van der Waals surface area (Å²) >= 11 is 1.29. The van der Waals surface area contributed by atoms with Gasteiger partial charge in [-0.3, -0.25) is 4.98 Å². The third-order valence-electron chi connectivity index (χ3n) is 3.81. The van der Waals surface area contributed by atoms with Gasteiger partial charge in [-0.25, -0.2) is 4.79 Å². The predicted octanol–water partition coefficient (Wildman–Crippen LogP) is 2.60. The van der Waals surface area contributed by atoms with Gasteiger partial charge in [0.2, 0.25) is 0 Å². The van der Waals surface area contributed by atoms with Crippen molar-refractivity contribution in [2.75, 3.05) is 18.2 Å². The van der Waals surface area contributed by atoms with Crippen molar-refractivity contribution in [2.45, 2.75) is 12.8 Å². The molecule has 2 aromatic heterocycles. The second-order valence-electron chi connectivity index (χ2n) is 5.07. The van der Waals surface area contributed by atoms with E-state index in [4.69, 9.17) is 10.5 Å². The fraction of sp³-hybridized carbons (Fsp3) is 0.188. The van der Waals surface area contributed by atoms with Gasteiger partial charge in [0.05, 0.1) is 18.4 Å². The van der Waals surface area contributed by atoms with Gasteiger partial charge in [0.1, 0.15) is 15.9 Å². The van der Waals surface area contributed by atoms with Crippen LogP contribution < -0.4 is 11.1 Å². The van der Waals surface area contributed by atoms with Gasteiger partial charge >= 0.3 is 5.97 Å². The first-order valence-electron chi connectivity index (χ1n) is 6.86. The quantitative estimate of drug-likeness (QED) is 0.823. The second kappa shape index (κ2) is 5.74. The summed E-state index contributed by atoms with van der Waals surface area (Å²) in [6, 6.07) is 5.77. The molecule has 7 heteroatoms. The molecule has 23 heavy (non-hydrogen) atoms. The number of hydrogen-bond donors (Lipinski definition) is 2. The number of nitrogen functional groups attached to an aromatic ring is 1. The van der Waals surface area contributed by atoms with Crippen LogP contribution in [-0.4, -0.2) is 18.1 Å². The van der Waals surface area contributed by atoms with Gasteiger partial charge in [-0.15, -0.1) is 11.3 Å². The SMILES string of the molecule is COC(=O)C1=C(C)Nc2sc(C#N)c(N)c2C1c1ccncc1. The zero-order valence-corrected chi connectivity index (χ0v) is 13.4. The third-order valence-corrected chi connectivity index (χ3v) is 4.85. The average molecular weight is 326 g/mol. The molecule has 1 atom stereocenters. The average Bonchev–Trinajstić information content (AvgIpc) is 2.89. The van der Waals surface area contributed by atoms with Crippen LogP contribution in [0.3, 0.4) is 0 Å². The van der Waals surface area contributed by atoms with Gasteiger partial charge < -0.3 is 15.8 Å². The smallest absolute Gasteiger partial charge is 0.336 e. The van der Waals surface area contributed by atoms with Crippen LogP contribution >= 0.6 is 11.3 Å². The highest BCUT2D eigenvalue weighted by Crippen LogP contribution is 2.49.